The summed E-state index contributed by atoms with van der Waals surface area (Å²) in [6.45, 7) is 1.77. The highest BCUT2D eigenvalue weighted by molar-refractivity contribution is 8.00. The van der Waals surface area contributed by atoms with E-state index in [-0.39, 0.29) is 17.8 Å². The van der Waals surface area contributed by atoms with Gasteiger partial charge in [-0.05, 0) is 24.3 Å². The van der Waals surface area contributed by atoms with Gasteiger partial charge < -0.3 is 10.1 Å². The minimum atomic E-state index is -0.259. The zero-order valence-electron chi connectivity index (χ0n) is 10.8. The van der Waals surface area contributed by atoms with Crippen molar-refractivity contribution in [1.29, 1.82) is 0 Å². The molecule has 0 saturated heterocycles. The zero-order chi connectivity index (χ0) is 14.3. The summed E-state index contributed by atoms with van der Waals surface area (Å²) >= 11 is 7.15. The van der Waals surface area contributed by atoms with E-state index in [0.29, 0.717) is 22.2 Å². The van der Waals surface area contributed by atoms with E-state index < -0.39 is 0 Å². The summed E-state index contributed by atoms with van der Waals surface area (Å²) in [7, 11) is 1.36. The molecule has 4 nitrogen and oxygen atoms in total. The lowest BCUT2D eigenvalue weighted by Gasteiger charge is -2.09. The molecule has 19 heavy (non-hydrogen) atoms. The fourth-order valence-electron chi connectivity index (χ4n) is 1.33. The fraction of sp³-hybridized carbons (Fsp3) is 0.385. The molecule has 0 aliphatic rings. The van der Waals surface area contributed by atoms with Crippen molar-refractivity contribution in [3.05, 3.63) is 29.3 Å². The van der Waals surface area contributed by atoms with E-state index in [1.165, 1.54) is 18.9 Å². The van der Waals surface area contributed by atoms with Crippen LogP contribution in [0.1, 0.15) is 6.92 Å². The van der Waals surface area contributed by atoms with Crippen molar-refractivity contribution in [3.63, 3.8) is 0 Å². The molecule has 0 heterocycles. The monoisotopic (exact) mass is 301 g/mol. The van der Waals surface area contributed by atoms with Gasteiger partial charge in [0.25, 0.3) is 0 Å². The molecule has 1 unspecified atom stereocenters. The predicted molar refractivity (Wildman–Crippen MR) is 78.6 cm³/mol. The molecule has 0 saturated carbocycles. The van der Waals surface area contributed by atoms with Gasteiger partial charge in [-0.3, -0.25) is 9.59 Å². The van der Waals surface area contributed by atoms with Crippen molar-refractivity contribution in [2.45, 2.75) is 6.92 Å². The lowest BCUT2D eigenvalue weighted by Crippen LogP contribution is -2.18. The van der Waals surface area contributed by atoms with Gasteiger partial charge in [-0.25, -0.2) is 0 Å². The summed E-state index contributed by atoms with van der Waals surface area (Å²) in [5.41, 5.74) is 0.705. The Balaban J connectivity index is 2.28. The van der Waals surface area contributed by atoms with Gasteiger partial charge in [-0.1, -0.05) is 18.5 Å². The largest absolute Gasteiger partial charge is 0.469 e. The van der Waals surface area contributed by atoms with Crippen LogP contribution >= 0.6 is 23.4 Å². The van der Waals surface area contributed by atoms with Crippen molar-refractivity contribution in [1.82, 2.24) is 0 Å². The molecule has 0 bridgehead atoms. The second kappa shape index (κ2) is 8.07. The predicted octanol–water partition coefficient (Wildman–Crippen LogP) is 2.82. The molecule has 1 rings (SSSR count). The molecule has 0 spiro atoms. The Morgan fingerprint density at radius 2 is 2.00 bits per heavy atom. The first-order valence-corrected chi connectivity index (χ1v) is 7.27. The summed E-state index contributed by atoms with van der Waals surface area (Å²) < 4.78 is 4.61. The standard InChI is InChI=1S/C13H16ClNO3S/c1-9(13(17)18-2)7-19-8-12(16)15-11-5-3-10(14)4-6-11/h3-6,9H,7-8H2,1-2H3,(H,15,16). The summed E-state index contributed by atoms with van der Waals surface area (Å²) in [5, 5.41) is 3.38. The summed E-state index contributed by atoms with van der Waals surface area (Å²) in [6.07, 6.45) is 0. The molecule has 1 amide bonds. The number of esters is 1. The number of methoxy groups -OCH3 is 1. The molecule has 0 aliphatic carbocycles. The van der Waals surface area contributed by atoms with Gasteiger partial charge in [0.05, 0.1) is 18.8 Å². The number of carbonyl (C=O) groups excluding carboxylic acids is 2. The minimum absolute atomic E-state index is 0.107. The van der Waals surface area contributed by atoms with E-state index in [4.69, 9.17) is 11.6 Å². The number of halogens is 1. The molecule has 1 N–H and O–H groups in total. The lowest BCUT2D eigenvalue weighted by molar-refractivity contribution is -0.144. The molecule has 0 aromatic heterocycles. The molecule has 1 aromatic rings. The molecule has 0 aliphatic heterocycles. The van der Waals surface area contributed by atoms with Crippen molar-refractivity contribution >= 4 is 40.9 Å². The average molecular weight is 302 g/mol. The molecule has 104 valence electrons. The second-order valence-corrected chi connectivity index (χ2v) is 5.46. The molecule has 1 aromatic carbocycles. The topological polar surface area (TPSA) is 55.4 Å². The molecular formula is C13H16ClNO3S. The van der Waals surface area contributed by atoms with Gasteiger partial charge in [-0.2, -0.15) is 11.8 Å². The first kappa shape index (κ1) is 15.9. The van der Waals surface area contributed by atoms with E-state index in [1.807, 2.05) is 0 Å². The number of hydrogen-bond acceptors (Lipinski definition) is 4. The van der Waals surface area contributed by atoms with Crippen LogP contribution in [0.15, 0.2) is 24.3 Å². The Labute approximate surface area is 121 Å². The third-order valence-corrected chi connectivity index (χ3v) is 3.79. The fourth-order valence-corrected chi connectivity index (χ4v) is 2.32. The summed E-state index contributed by atoms with van der Waals surface area (Å²) in [4.78, 5) is 22.8. The van der Waals surface area contributed by atoms with Gasteiger partial charge in [-0.15, -0.1) is 0 Å². The van der Waals surface area contributed by atoms with Gasteiger partial charge in [0.2, 0.25) is 5.91 Å². The number of rotatable bonds is 6. The molecule has 1 atom stereocenters. The first-order valence-electron chi connectivity index (χ1n) is 5.74. The molecular weight excluding hydrogens is 286 g/mol. The third-order valence-electron chi connectivity index (χ3n) is 2.33. The molecule has 6 heteroatoms. The van der Waals surface area contributed by atoms with Crippen LogP contribution in [0.3, 0.4) is 0 Å². The highest BCUT2D eigenvalue weighted by Gasteiger charge is 2.13. The number of anilines is 1. The maximum absolute atomic E-state index is 11.6. The smallest absolute Gasteiger partial charge is 0.309 e. The second-order valence-electron chi connectivity index (χ2n) is 3.99. The van der Waals surface area contributed by atoms with E-state index in [1.54, 1.807) is 31.2 Å². The maximum atomic E-state index is 11.6. The van der Waals surface area contributed by atoms with Crippen LogP contribution < -0.4 is 5.32 Å². The van der Waals surface area contributed by atoms with E-state index in [9.17, 15) is 9.59 Å². The maximum Gasteiger partial charge on any atom is 0.309 e. The van der Waals surface area contributed by atoms with Crippen LogP contribution in [0.25, 0.3) is 0 Å². The first-order chi connectivity index (χ1) is 9.02. The number of ether oxygens (including phenoxy) is 1. The number of amides is 1. The average Bonchev–Trinajstić information content (AvgIpc) is 2.40. The Morgan fingerprint density at radius 3 is 2.58 bits per heavy atom. The lowest BCUT2D eigenvalue weighted by atomic mass is 10.2. The Hall–Kier alpha value is -1.20. The Kier molecular flexibility index (Phi) is 6.73. The van der Waals surface area contributed by atoms with Crippen LogP contribution in [0, 0.1) is 5.92 Å². The summed E-state index contributed by atoms with van der Waals surface area (Å²) in [6, 6.07) is 6.90. The van der Waals surface area contributed by atoms with Crippen LogP contribution in [0.5, 0.6) is 0 Å². The van der Waals surface area contributed by atoms with Gasteiger partial charge >= 0.3 is 5.97 Å². The van der Waals surface area contributed by atoms with Crippen LogP contribution in [-0.2, 0) is 14.3 Å². The van der Waals surface area contributed by atoms with Crippen LogP contribution in [-0.4, -0.2) is 30.5 Å². The van der Waals surface area contributed by atoms with Crippen molar-refractivity contribution in [3.8, 4) is 0 Å². The van der Waals surface area contributed by atoms with Crippen molar-refractivity contribution in [2.75, 3.05) is 23.9 Å². The quantitative estimate of drug-likeness (QED) is 0.821. The number of carbonyl (C=O) groups is 2. The zero-order valence-corrected chi connectivity index (χ0v) is 12.4. The minimum Gasteiger partial charge on any atom is -0.469 e. The van der Waals surface area contributed by atoms with Gasteiger partial charge in [0.1, 0.15) is 0 Å². The van der Waals surface area contributed by atoms with Gasteiger partial charge in [0.15, 0.2) is 0 Å². The molecule has 0 fully saturated rings. The number of benzene rings is 1. The van der Waals surface area contributed by atoms with Crippen LogP contribution in [0.2, 0.25) is 5.02 Å². The Bertz CT molecular complexity index is 436. The number of nitrogens with one attached hydrogen (secondary N) is 1. The van der Waals surface area contributed by atoms with E-state index in [2.05, 4.69) is 10.1 Å². The van der Waals surface area contributed by atoms with Crippen molar-refractivity contribution < 1.29 is 14.3 Å². The highest BCUT2D eigenvalue weighted by atomic mass is 35.5. The SMILES string of the molecule is COC(=O)C(C)CSCC(=O)Nc1ccc(Cl)cc1. The number of hydrogen-bond donors (Lipinski definition) is 1. The normalized spacial score (nSPS) is 11.7. The molecule has 0 radical (unpaired) electrons. The van der Waals surface area contributed by atoms with E-state index in [0.717, 1.165) is 0 Å². The summed E-state index contributed by atoms with van der Waals surface area (Å²) in [5.74, 6) is 0.276. The van der Waals surface area contributed by atoms with Gasteiger partial charge in [0, 0.05) is 16.5 Å². The van der Waals surface area contributed by atoms with E-state index >= 15 is 0 Å². The highest BCUT2D eigenvalue weighted by Crippen LogP contribution is 2.14. The third kappa shape index (κ3) is 5.98. The Morgan fingerprint density at radius 1 is 1.37 bits per heavy atom. The van der Waals surface area contributed by atoms with Crippen molar-refractivity contribution in [2.24, 2.45) is 5.92 Å². The van der Waals surface area contributed by atoms with Crippen LogP contribution in [0.4, 0.5) is 5.69 Å². The number of thioether (sulfide) groups is 1.